The van der Waals surface area contributed by atoms with Crippen LogP contribution in [-0.2, 0) is 5.41 Å². The number of fused-ring (bicyclic) bond motifs is 6. The highest BCUT2D eigenvalue weighted by molar-refractivity contribution is 6.13. The van der Waals surface area contributed by atoms with E-state index in [0.717, 1.165) is 72.5 Å². The fourth-order valence-corrected chi connectivity index (χ4v) is 9.58. The summed E-state index contributed by atoms with van der Waals surface area (Å²) in [5.74, 6) is 1.78. The maximum absolute atomic E-state index is 5.29. The van der Waals surface area contributed by atoms with Crippen molar-refractivity contribution in [3.05, 3.63) is 224 Å². The molecule has 1 aliphatic carbocycles. The zero-order chi connectivity index (χ0) is 43.5. The third kappa shape index (κ3) is 6.56. The first-order valence-electron chi connectivity index (χ1n) is 21.9. The second-order valence-electron chi connectivity index (χ2n) is 17.0. The summed E-state index contributed by atoms with van der Waals surface area (Å²) in [7, 11) is 0. The van der Waals surface area contributed by atoms with Crippen LogP contribution in [-0.4, -0.2) is 29.5 Å². The van der Waals surface area contributed by atoms with Crippen molar-refractivity contribution < 1.29 is 0 Å². The zero-order valence-electron chi connectivity index (χ0n) is 35.8. The van der Waals surface area contributed by atoms with Crippen molar-refractivity contribution in [3.8, 4) is 62.4 Å². The van der Waals surface area contributed by atoms with Gasteiger partial charge in [-0.2, -0.15) is 9.97 Å². The van der Waals surface area contributed by atoms with Crippen LogP contribution in [0, 0.1) is 0 Å². The summed E-state index contributed by atoms with van der Waals surface area (Å²) in [6, 6.07) is 70.0. The molecule has 11 aromatic rings. The van der Waals surface area contributed by atoms with E-state index in [1.807, 2.05) is 73.1 Å². The number of anilines is 3. The maximum Gasteiger partial charge on any atom is 0.238 e. The fraction of sp³-hybridized carbons (Fsp3) is 0.0517. The molecule has 65 heavy (non-hydrogen) atoms. The first-order chi connectivity index (χ1) is 32.0. The van der Waals surface area contributed by atoms with Gasteiger partial charge in [-0.15, -0.1) is 0 Å². The lowest BCUT2D eigenvalue weighted by Gasteiger charge is -2.26. The number of hydrogen-bond acceptors (Lipinski definition) is 6. The van der Waals surface area contributed by atoms with Crippen LogP contribution in [0.1, 0.15) is 25.0 Å². The molecule has 7 nitrogen and oxygen atoms in total. The predicted octanol–water partition coefficient (Wildman–Crippen LogP) is 14.2. The van der Waals surface area contributed by atoms with E-state index in [1.54, 1.807) is 0 Å². The summed E-state index contributed by atoms with van der Waals surface area (Å²) in [6.07, 6.45) is 3.68. The van der Waals surface area contributed by atoms with Crippen molar-refractivity contribution in [1.82, 2.24) is 29.5 Å². The summed E-state index contributed by atoms with van der Waals surface area (Å²) < 4.78 is 2.24. The number of nitrogens with zero attached hydrogens (tertiary/aromatic N) is 7. The van der Waals surface area contributed by atoms with Crippen molar-refractivity contribution in [3.63, 3.8) is 0 Å². The molecule has 0 amide bonds. The van der Waals surface area contributed by atoms with Gasteiger partial charge in [0, 0.05) is 67.9 Å². The molecule has 0 unspecified atom stereocenters. The number of rotatable bonds is 8. The topological polar surface area (TPSA) is 72.6 Å². The molecule has 308 valence electrons. The Morgan fingerprint density at radius 1 is 0.400 bits per heavy atom. The van der Waals surface area contributed by atoms with Gasteiger partial charge in [-0.1, -0.05) is 135 Å². The van der Waals surface area contributed by atoms with Gasteiger partial charge >= 0.3 is 0 Å². The third-order valence-corrected chi connectivity index (χ3v) is 12.7. The van der Waals surface area contributed by atoms with Crippen molar-refractivity contribution in [2.45, 2.75) is 19.3 Å². The van der Waals surface area contributed by atoms with E-state index in [2.05, 4.69) is 163 Å². The molecule has 0 saturated heterocycles. The Balaban J connectivity index is 1.13. The van der Waals surface area contributed by atoms with E-state index in [0.29, 0.717) is 17.6 Å². The van der Waals surface area contributed by atoms with Gasteiger partial charge in [0.05, 0.1) is 22.4 Å². The summed E-state index contributed by atoms with van der Waals surface area (Å²) >= 11 is 0. The molecule has 4 aromatic heterocycles. The number of pyridine rings is 2. The highest BCUT2D eigenvalue weighted by Crippen LogP contribution is 2.51. The highest BCUT2D eigenvalue weighted by atomic mass is 15.2. The molecule has 0 spiro atoms. The van der Waals surface area contributed by atoms with Gasteiger partial charge in [0.2, 0.25) is 5.95 Å². The monoisotopic (exact) mass is 835 g/mol. The standard InChI is InChI=1S/C58H41N7/c1-58(2)49-26-10-9-25-45(49)46-36-48-47-35-44(64(42-23-15-21-40(33-42)51-27-11-13-31-59-51)43-24-16-22-41(34-43)52-28-12-14-32-60-52)29-30-53(47)65(54(48)37-50(46)58)57-62-55(38-17-5-3-6-18-38)61-56(63-57)39-19-7-4-8-20-39/h3-37H,1-2H3. The highest BCUT2D eigenvalue weighted by Gasteiger charge is 2.36. The van der Waals surface area contributed by atoms with Crippen molar-refractivity contribution >= 4 is 38.9 Å². The van der Waals surface area contributed by atoms with Gasteiger partial charge in [-0.25, -0.2) is 4.98 Å². The second-order valence-corrected chi connectivity index (χ2v) is 17.0. The van der Waals surface area contributed by atoms with E-state index in [4.69, 9.17) is 24.9 Å². The van der Waals surface area contributed by atoms with Crippen LogP contribution < -0.4 is 4.90 Å². The Kier molecular flexibility index (Phi) is 9.02. The molecule has 0 aliphatic heterocycles. The molecule has 0 bridgehead atoms. The minimum absolute atomic E-state index is 0.218. The first kappa shape index (κ1) is 38.2. The summed E-state index contributed by atoms with van der Waals surface area (Å²) in [5, 5.41) is 2.19. The molecule has 7 heteroatoms. The smallest absolute Gasteiger partial charge is 0.238 e. The van der Waals surface area contributed by atoms with Crippen LogP contribution in [0.2, 0.25) is 0 Å². The summed E-state index contributed by atoms with van der Waals surface area (Å²) in [5.41, 5.74) is 15.6. The Labute approximate surface area is 377 Å². The lowest BCUT2D eigenvalue weighted by Crippen LogP contribution is -2.15. The molecule has 7 aromatic carbocycles. The molecule has 0 atom stereocenters. The van der Waals surface area contributed by atoms with Crippen molar-refractivity contribution in [2.24, 2.45) is 0 Å². The van der Waals surface area contributed by atoms with Gasteiger partial charge in [-0.05, 0) is 101 Å². The zero-order valence-corrected chi connectivity index (χ0v) is 35.8. The van der Waals surface area contributed by atoms with Gasteiger partial charge in [0.1, 0.15) is 0 Å². The largest absolute Gasteiger partial charge is 0.310 e. The van der Waals surface area contributed by atoms with Crippen LogP contribution in [0.5, 0.6) is 0 Å². The Morgan fingerprint density at radius 3 is 1.54 bits per heavy atom. The third-order valence-electron chi connectivity index (χ3n) is 12.7. The Bertz CT molecular complexity index is 3430. The minimum atomic E-state index is -0.218. The normalized spacial score (nSPS) is 12.6. The number of aromatic nitrogens is 6. The Morgan fingerprint density at radius 2 is 0.938 bits per heavy atom. The van der Waals surface area contributed by atoms with Crippen LogP contribution in [0.4, 0.5) is 17.1 Å². The minimum Gasteiger partial charge on any atom is -0.310 e. The van der Waals surface area contributed by atoms with Crippen molar-refractivity contribution in [1.29, 1.82) is 0 Å². The van der Waals surface area contributed by atoms with Gasteiger partial charge in [0.15, 0.2) is 11.6 Å². The van der Waals surface area contributed by atoms with E-state index in [1.165, 1.54) is 22.3 Å². The number of hydrogen-bond donors (Lipinski definition) is 0. The molecule has 0 radical (unpaired) electrons. The maximum atomic E-state index is 5.29. The lowest BCUT2D eigenvalue weighted by atomic mass is 9.82. The molecule has 0 fully saturated rings. The quantitative estimate of drug-likeness (QED) is 0.152. The lowest BCUT2D eigenvalue weighted by molar-refractivity contribution is 0.661. The fourth-order valence-electron chi connectivity index (χ4n) is 9.58. The predicted molar refractivity (Wildman–Crippen MR) is 264 cm³/mol. The van der Waals surface area contributed by atoms with Crippen molar-refractivity contribution in [2.75, 3.05) is 4.90 Å². The molecular formula is C58H41N7. The SMILES string of the molecule is CC1(C)c2ccccc2-c2cc3c4cc(N(c5cccc(-c6ccccn6)c5)c5cccc(-c6ccccn6)c5)ccc4n(-c4nc(-c5ccccc5)nc(-c5ccccc5)n4)c3cc21. The molecule has 0 saturated carbocycles. The second kappa shape index (κ2) is 15.4. The first-order valence-corrected chi connectivity index (χ1v) is 21.9. The van der Waals surface area contributed by atoms with Gasteiger partial charge in [-0.3, -0.25) is 14.5 Å². The summed E-state index contributed by atoms with van der Waals surface area (Å²) in [4.78, 5) is 27.4. The molecule has 4 heterocycles. The van der Waals surface area contributed by atoms with Gasteiger partial charge in [0.25, 0.3) is 0 Å². The Hall–Kier alpha value is -8.55. The van der Waals surface area contributed by atoms with E-state index >= 15 is 0 Å². The van der Waals surface area contributed by atoms with Crippen LogP contribution >= 0.6 is 0 Å². The van der Waals surface area contributed by atoms with Crippen LogP contribution in [0.3, 0.4) is 0 Å². The van der Waals surface area contributed by atoms with E-state index in [9.17, 15) is 0 Å². The van der Waals surface area contributed by atoms with Crippen LogP contribution in [0.25, 0.3) is 84.2 Å². The molecule has 12 rings (SSSR count). The molecule has 0 N–H and O–H groups in total. The average Bonchev–Trinajstić information content (AvgIpc) is 3.81. The molecule has 1 aliphatic rings. The van der Waals surface area contributed by atoms with Crippen LogP contribution in [0.15, 0.2) is 213 Å². The van der Waals surface area contributed by atoms with E-state index in [-0.39, 0.29) is 5.41 Å². The number of benzene rings is 7. The van der Waals surface area contributed by atoms with E-state index < -0.39 is 0 Å². The summed E-state index contributed by atoms with van der Waals surface area (Å²) in [6.45, 7) is 4.66. The average molecular weight is 836 g/mol. The molecular weight excluding hydrogens is 795 g/mol. The van der Waals surface area contributed by atoms with Gasteiger partial charge < -0.3 is 4.90 Å².